The number of rotatable bonds is 8. The van der Waals surface area contributed by atoms with E-state index in [2.05, 4.69) is 10.3 Å². The number of nitrogens with one attached hydrogen (secondary N) is 1. The number of hydrogen-bond acceptors (Lipinski definition) is 4. The van der Waals surface area contributed by atoms with Crippen LogP contribution in [0.5, 0.6) is 0 Å². The van der Waals surface area contributed by atoms with Gasteiger partial charge in [0.2, 0.25) is 5.91 Å². The number of nitrogens with zero attached hydrogens (tertiary/aromatic N) is 1. The molecule has 1 amide bonds. The third-order valence-corrected chi connectivity index (χ3v) is 6.93. The number of carbonyl (C=O) groups excluding carboxylic acids is 1. The summed E-state index contributed by atoms with van der Waals surface area (Å²) in [6.07, 6.45) is 6.53. The van der Waals surface area contributed by atoms with Gasteiger partial charge in [0.25, 0.3) is 0 Å². The Labute approximate surface area is 161 Å². The van der Waals surface area contributed by atoms with Crippen molar-refractivity contribution in [3.05, 3.63) is 66.0 Å². The van der Waals surface area contributed by atoms with Crippen LogP contribution in [0.4, 0.5) is 0 Å². The molecule has 2 aromatic rings. The van der Waals surface area contributed by atoms with E-state index in [1.807, 2.05) is 42.5 Å². The van der Waals surface area contributed by atoms with Crippen LogP contribution in [0.25, 0.3) is 0 Å². The van der Waals surface area contributed by atoms with Crippen LogP contribution in [-0.4, -0.2) is 37.4 Å². The molecule has 1 saturated heterocycles. The molecule has 0 aliphatic carbocycles. The van der Waals surface area contributed by atoms with Crippen LogP contribution >= 0.6 is 0 Å². The lowest BCUT2D eigenvalue weighted by Gasteiger charge is -2.18. The van der Waals surface area contributed by atoms with Gasteiger partial charge < -0.3 is 5.32 Å². The quantitative estimate of drug-likeness (QED) is 0.708. The van der Waals surface area contributed by atoms with E-state index in [0.717, 1.165) is 30.4 Å². The molecule has 3 rings (SSSR count). The summed E-state index contributed by atoms with van der Waals surface area (Å²) < 4.78 is 23.1. The van der Waals surface area contributed by atoms with Gasteiger partial charge in [-0.2, -0.15) is 0 Å². The van der Waals surface area contributed by atoms with Crippen LogP contribution < -0.4 is 5.32 Å². The number of sulfone groups is 1. The highest BCUT2D eigenvalue weighted by molar-refractivity contribution is 7.91. The van der Waals surface area contributed by atoms with E-state index in [0.29, 0.717) is 24.5 Å². The monoisotopic (exact) mass is 386 g/mol. The molecule has 0 radical (unpaired) electrons. The molecule has 1 fully saturated rings. The summed E-state index contributed by atoms with van der Waals surface area (Å²) in [5, 5.41) is 3.04. The van der Waals surface area contributed by atoms with Crippen molar-refractivity contribution in [3.63, 3.8) is 0 Å². The molecule has 1 N–H and O–H groups in total. The third-order valence-electron chi connectivity index (χ3n) is 5.10. The standard InChI is InChI=1S/C21H26N2O3S/c24-21(23-12-5-6-17-10-13-27(25,26)16-17)20(19-8-2-1-3-9-19)14-18-7-4-11-22-15-18/h1-4,7-9,11,15,17,20H,5-6,10,12-14,16H2,(H,23,24). The van der Waals surface area contributed by atoms with Gasteiger partial charge in [0.1, 0.15) is 0 Å². The fourth-order valence-corrected chi connectivity index (χ4v) is 5.54. The maximum atomic E-state index is 12.8. The van der Waals surface area contributed by atoms with Crippen molar-refractivity contribution < 1.29 is 13.2 Å². The molecule has 27 heavy (non-hydrogen) atoms. The molecule has 6 heteroatoms. The average molecular weight is 387 g/mol. The highest BCUT2D eigenvalue weighted by Gasteiger charge is 2.27. The summed E-state index contributed by atoms with van der Waals surface area (Å²) in [5.74, 6) is 0.596. The van der Waals surface area contributed by atoms with Crippen molar-refractivity contribution in [1.82, 2.24) is 10.3 Å². The second-order valence-electron chi connectivity index (χ2n) is 7.23. The van der Waals surface area contributed by atoms with Gasteiger partial charge in [0.15, 0.2) is 9.84 Å². The van der Waals surface area contributed by atoms with E-state index < -0.39 is 9.84 Å². The Kier molecular flexibility index (Phi) is 6.61. The Bertz CT molecular complexity index is 838. The van der Waals surface area contributed by atoms with E-state index in [1.165, 1.54) is 0 Å². The molecule has 0 bridgehead atoms. The van der Waals surface area contributed by atoms with Gasteiger partial charge in [-0.25, -0.2) is 8.42 Å². The summed E-state index contributed by atoms with van der Waals surface area (Å²) in [5.41, 5.74) is 2.01. The maximum Gasteiger partial charge on any atom is 0.227 e. The SMILES string of the molecule is O=C(NCCCC1CCS(=O)(=O)C1)C(Cc1cccnc1)c1ccccc1. The number of carbonyl (C=O) groups is 1. The highest BCUT2D eigenvalue weighted by Crippen LogP contribution is 2.23. The first-order chi connectivity index (χ1) is 13.0. The number of amides is 1. The lowest BCUT2D eigenvalue weighted by atomic mass is 9.91. The Balaban J connectivity index is 1.55. The van der Waals surface area contributed by atoms with Crippen LogP contribution in [0.15, 0.2) is 54.9 Å². The van der Waals surface area contributed by atoms with E-state index in [9.17, 15) is 13.2 Å². The molecule has 2 unspecified atom stereocenters. The van der Waals surface area contributed by atoms with Crippen molar-refractivity contribution in [3.8, 4) is 0 Å². The smallest absolute Gasteiger partial charge is 0.227 e. The predicted octanol–water partition coefficient (Wildman–Crippen LogP) is 2.74. The molecule has 1 aromatic carbocycles. The zero-order valence-corrected chi connectivity index (χ0v) is 16.2. The minimum Gasteiger partial charge on any atom is -0.356 e. The highest BCUT2D eigenvalue weighted by atomic mass is 32.2. The molecule has 0 spiro atoms. The van der Waals surface area contributed by atoms with Gasteiger partial charge in [-0.3, -0.25) is 9.78 Å². The summed E-state index contributed by atoms with van der Waals surface area (Å²) in [7, 11) is -2.83. The Morgan fingerprint density at radius 1 is 1.19 bits per heavy atom. The van der Waals surface area contributed by atoms with Gasteiger partial charge in [-0.05, 0) is 48.8 Å². The van der Waals surface area contributed by atoms with Crippen LogP contribution in [-0.2, 0) is 21.1 Å². The Morgan fingerprint density at radius 2 is 2.00 bits per heavy atom. The summed E-state index contributed by atoms with van der Waals surface area (Å²) >= 11 is 0. The van der Waals surface area contributed by atoms with Gasteiger partial charge >= 0.3 is 0 Å². The minimum absolute atomic E-state index is 0.00379. The predicted molar refractivity (Wildman–Crippen MR) is 106 cm³/mol. The molecule has 1 aliphatic heterocycles. The summed E-state index contributed by atoms with van der Waals surface area (Å²) in [6.45, 7) is 0.575. The average Bonchev–Trinajstić information content (AvgIpc) is 3.03. The van der Waals surface area contributed by atoms with E-state index in [1.54, 1.807) is 12.4 Å². The van der Waals surface area contributed by atoms with E-state index >= 15 is 0 Å². The Hall–Kier alpha value is -2.21. The van der Waals surface area contributed by atoms with Gasteiger partial charge in [0, 0.05) is 18.9 Å². The number of aromatic nitrogens is 1. The number of benzene rings is 1. The second-order valence-corrected chi connectivity index (χ2v) is 9.46. The van der Waals surface area contributed by atoms with Gasteiger partial charge in [-0.1, -0.05) is 36.4 Å². The number of pyridine rings is 1. The van der Waals surface area contributed by atoms with Crippen LogP contribution in [0.2, 0.25) is 0 Å². The van der Waals surface area contributed by atoms with Gasteiger partial charge in [0.05, 0.1) is 17.4 Å². The second kappa shape index (κ2) is 9.13. The Morgan fingerprint density at radius 3 is 2.67 bits per heavy atom. The molecule has 5 nitrogen and oxygen atoms in total. The van der Waals surface area contributed by atoms with Crippen LogP contribution in [0.1, 0.15) is 36.3 Å². The molecule has 2 heterocycles. The first-order valence-corrected chi connectivity index (χ1v) is 11.3. The molecule has 1 aliphatic rings. The molecule has 0 saturated carbocycles. The minimum atomic E-state index is -2.83. The van der Waals surface area contributed by atoms with Crippen LogP contribution in [0.3, 0.4) is 0 Å². The molecule has 144 valence electrons. The zero-order valence-electron chi connectivity index (χ0n) is 15.4. The van der Waals surface area contributed by atoms with Gasteiger partial charge in [-0.15, -0.1) is 0 Å². The fourth-order valence-electron chi connectivity index (χ4n) is 3.63. The van der Waals surface area contributed by atoms with Crippen molar-refractivity contribution in [2.45, 2.75) is 31.6 Å². The third kappa shape index (κ3) is 5.89. The topological polar surface area (TPSA) is 76.1 Å². The first-order valence-electron chi connectivity index (χ1n) is 9.45. The van der Waals surface area contributed by atoms with Crippen LogP contribution in [0, 0.1) is 5.92 Å². The zero-order chi connectivity index (χ0) is 19.1. The molecule has 1 aromatic heterocycles. The number of hydrogen-bond donors (Lipinski definition) is 1. The largest absolute Gasteiger partial charge is 0.356 e. The van der Waals surface area contributed by atoms with Crippen molar-refractivity contribution >= 4 is 15.7 Å². The lowest BCUT2D eigenvalue weighted by molar-refractivity contribution is -0.122. The van der Waals surface area contributed by atoms with E-state index in [-0.39, 0.29) is 17.7 Å². The molecule has 2 atom stereocenters. The lowest BCUT2D eigenvalue weighted by Crippen LogP contribution is -2.31. The van der Waals surface area contributed by atoms with Crippen molar-refractivity contribution in [2.75, 3.05) is 18.1 Å². The van der Waals surface area contributed by atoms with E-state index in [4.69, 9.17) is 0 Å². The molecular weight excluding hydrogens is 360 g/mol. The molecular formula is C21H26N2O3S. The maximum absolute atomic E-state index is 12.8. The van der Waals surface area contributed by atoms with Crippen molar-refractivity contribution in [2.24, 2.45) is 5.92 Å². The fraction of sp³-hybridized carbons (Fsp3) is 0.429. The summed E-state index contributed by atoms with van der Waals surface area (Å²) in [6, 6.07) is 13.6. The first kappa shape index (κ1) is 19.5. The normalized spacial score (nSPS) is 19.5. The summed E-state index contributed by atoms with van der Waals surface area (Å²) in [4.78, 5) is 17.0. The van der Waals surface area contributed by atoms with Crippen molar-refractivity contribution in [1.29, 1.82) is 0 Å².